The van der Waals surface area contributed by atoms with Crippen molar-refractivity contribution in [3.8, 4) is 5.75 Å². The smallest absolute Gasteiger partial charge is 0.331 e. The van der Waals surface area contributed by atoms with Crippen LogP contribution in [0.2, 0.25) is 0 Å². The molecule has 0 aliphatic carbocycles. The zero-order valence-electron chi connectivity index (χ0n) is 23.2. The third-order valence-corrected chi connectivity index (χ3v) is 8.00. The first kappa shape index (κ1) is 27.1. The number of hydrogen-bond acceptors (Lipinski definition) is 7. The minimum absolute atomic E-state index is 0.0201. The summed E-state index contributed by atoms with van der Waals surface area (Å²) in [6.45, 7) is 4.87. The highest BCUT2D eigenvalue weighted by molar-refractivity contribution is 6.23. The van der Waals surface area contributed by atoms with Gasteiger partial charge in [-0.05, 0) is 74.2 Å². The van der Waals surface area contributed by atoms with Crippen LogP contribution in [0, 0.1) is 0 Å². The highest BCUT2D eigenvalue weighted by Crippen LogP contribution is 2.45. The lowest BCUT2D eigenvalue weighted by Gasteiger charge is -2.46. The summed E-state index contributed by atoms with van der Waals surface area (Å²) >= 11 is 0. The molecule has 3 aliphatic rings. The van der Waals surface area contributed by atoms with Crippen molar-refractivity contribution in [3.63, 3.8) is 0 Å². The molecule has 3 aliphatic heterocycles. The second-order valence-corrected chi connectivity index (χ2v) is 11.3. The van der Waals surface area contributed by atoms with Crippen molar-refractivity contribution in [3.05, 3.63) is 94.5 Å². The first-order valence-electron chi connectivity index (χ1n) is 13.6. The van der Waals surface area contributed by atoms with E-state index in [4.69, 9.17) is 4.74 Å². The van der Waals surface area contributed by atoms with Crippen LogP contribution in [-0.2, 0) is 9.59 Å². The molecule has 0 saturated carbocycles. The maximum atomic E-state index is 13.7. The lowest BCUT2D eigenvalue weighted by Crippen LogP contribution is -2.55. The van der Waals surface area contributed by atoms with Crippen LogP contribution in [0.3, 0.4) is 0 Å². The molecular formula is C32H27N3O7. The number of amides is 5. The Morgan fingerprint density at radius 2 is 1.24 bits per heavy atom. The molecule has 42 heavy (non-hydrogen) atoms. The number of anilines is 1. The largest absolute Gasteiger partial charge is 0.425 e. The minimum Gasteiger partial charge on any atom is -0.425 e. The molecule has 3 heterocycles. The van der Waals surface area contributed by atoms with Gasteiger partial charge in [-0.3, -0.25) is 33.8 Å². The van der Waals surface area contributed by atoms with Crippen molar-refractivity contribution in [2.45, 2.75) is 38.6 Å². The zero-order chi connectivity index (χ0) is 29.9. The Labute approximate surface area is 241 Å². The molecular weight excluding hydrogens is 538 g/mol. The van der Waals surface area contributed by atoms with Crippen LogP contribution >= 0.6 is 0 Å². The maximum Gasteiger partial charge on any atom is 0.331 e. The number of carbonyl (C=O) groups is 6. The van der Waals surface area contributed by atoms with Gasteiger partial charge in [0.15, 0.2) is 0 Å². The molecule has 212 valence electrons. The van der Waals surface area contributed by atoms with Crippen molar-refractivity contribution >= 4 is 41.2 Å². The van der Waals surface area contributed by atoms with Crippen LogP contribution in [0.4, 0.5) is 5.69 Å². The van der Waals surface area contributed by atoms with Crippen LogP contribution in [0.25, 0.3) is 0 Å². The second kappa shape index (κ2) is 9.76. The summed E-state index contributed by atoms with van der Waals surface area (Å²) in [4.78, 5) is 81.0. The third-order valence-electron chi connectivity index (χ3n) is 8.00. The first-order chi connectivity index (χ1) is 20.0. The number of rotatable bonds is 5. The summed E-state index contributed by atoms with van der Waals surface area (Å²) in [7, 11) is 0. The predicted octanol–water partition coefficient (Wildman–Crippen LogP) is 3.80. The maximum absolute atomic E-state index is 13.7. The SMILES string of the molecule is CC1CC(C)(C)N(C(=O)CN2C(=O)c3ccccc3C2=O)c2ccc(OC(=O)CN3C(=O)c4ccccc4C3=O)cc21. The van der Waals surface area contributed by atoms with Gasteiger partial charge >= 0.3 is 5.97 Å². The van der Waals surface area contributed by atoms with Gasteiger partial charge in [0.1, 0.15) is 18.8 Å². The van der Waals surface area contributed by atoms with Gasteiger partial charge in [-0.2, -0.15) is 0 Å². The number of esters is 1. The van der Waals surface area contributed by atoms with Crippen LogP contribution in [-0.4, -0.2) is 63.9 Å². The Balaban J connectivity index is 1.21. The van der Waals surface area contributed by atoms with Crippen molar-refractivity contribution < 1.29 is 33.5 Å². The number of benzene rings is 3. The van der Waals surface area contributed by atoms with Gasteiger partial charge in [0.25, 0.3) is 23.6 Å². The third kappa shape index (κ3) is 4.27. The molecule has 1 atom stereocenters. The van der Waals surface area contributed by atoms with Gasteiger partial charge in [0.2, 0.25) is 5.91 Å². The first-order valence-corrected chi connectivity index (χ1v) is 13.6. The number of imide groups is 2. The van der Waals surface area contributed by atoms with Gasteiger partial charge in [-0.15, -0.1) is 0 Å². The Morgan fingerprint density at radius 3 is 1.74 bits per heavy atom. The summed E-state index contributed by atoms with van der Waals surface area (Å²) in [6.07, 6.45) is 0.570. The summed E-state index contributed by atoms with van der Waals surface area (Å²) in [5.41, 5.74) is 1.73. The molecule has 0 spiro atoms. The van der Waals surface area contributed by atoms with Crippen LogP contribution in [0.1, 0.15) is 80.1 Å². The zero-order valence-corrected chi connectivity index (χ0v) is 23.2. The molecule has 0 bridgehead atoms. The molecule has 10 heteroatoms. The number of nitrogens with zero attached hydrogens (tertiary/aromatic N) is 3. The quantitative estimate of drug-likeness (QED) is 0.262. The monoisotopic (exact) mass is 565 g/mol. The summed E-state index contributed by atoms with van der Waals surface area (Å²) in [5.74, 6) is -3.14. The van der Waals surface area contributed by atoms with Crippen LogP contribution < -0.4 is 9.64 Å². The van der Waals surface area contributed by atoms with E-state index in [1.165, 1.54) is 18.2 Å². The second-order valence-electron chi connectivity index (χ2n) is 11.3. The van der Waals surface area contributed by atoms with Crippen molar-refractivity contribution in [1.29, 1.82) is 0 Å². The molecule has 0 N–H and O–H groups in total. The normalized spacial score (nSPS) is 18.6. The molecule has 0 fully saturated rings. The molecule has 6 rings (SSSR count). The van der Waals surface area contributed by atoms with E-state index in [0.29, 0.717) is 12.1 Å². The minimum atomic E-state index is -0.785. The average Bonchev–Trinajstić information content (AvgIpc) is 3.33. The molecule has 0 saturated heterocycles. The van der Waals surface area contributed by atoms with Gasteiger partial charge in [0.05, 0.1) is 22.3 Å². The standard InChI is InChI=1S/C32H27N3O7/c1-18-15-32(2,3)35(26(36)16-33-28(38)20-8-4-5-9-21(20)29(33)39)25-13-12-19(14-24(18)25)42-27(37)17-34-30(40)22-10-6-7-11-23(22)31(34)41/h4-14,18H,15-17H2,1-3H3. The van der Waals surface area contributed by atoms with Crippen molar-refractivity contribution in [1.82, 2.24) is 9.80 Å². The van der Waals surface area contributed by atoms with Gasteiger partial charge in [0, 0.05) is 11.2 Å². The molecule has 5 amide bonds. The van der Waals surface area contributed by atoms with Crippen LogP contribution in [0.15, 0.2) is 66.7 Å². The lowest BCUT2D eigenvalue weighted by molar-refractivity contribution is -0.134. The lowest BCUT2D eigenvalue weighted by atomic mass is 9.80. The van der Waals surface area contributed by atoms with E-state index in [1.807, 2.05) is 20.8 Å². The number of hydrogen-bond donors (Lipinski definition) is 0. The number of carbonyl (C=O) groups excluding carboxylic acids is 6. The molecule has 0 radical (unpaired) electrons. The number of ether oxygens (including phenoxy) is 1. The molecule has 3 aromatic rings. The Hall–Kier alpha value is -5.12. The molecule has 10 nitrogen and oxygen atoms in total. The van der Waals surface area contributed by atoms with Crippen LogP contribution in [0.5, 0.6) is 5.75 Å². The van der Waals surface area contributed by atoms with E-state index < -0.39 is 54.1 Å². The summed E-state index contributed by atoms with van der Waals surface area (Å²) in [5, 5.41) is 0. The van der Waals surface area contributed by atoms with E-state index in [2.05, 4.69) is 0 Å². The fraction of sp³-hybridized carbons (Fsp3) is 0.250. The predicted molar refractivity (Wildman–Crippen MR) is 150 cm³/mol. The van der Waals surface area contributed by atoms with Crippen molar-refractivity contribution in [2.75, 3.05) is 18.0 Å². The average molecular weight is 566 g/mol. The fourth-order valence-electron chi connectivity index (χ4n) is 6.21. The topological polar surface area (TPSA) is 121 Å². The van der Waals surface area contributed by atoms with Crippen molar-refractivity contribution in [2.24, 2.45) is 0 Å². The fourth-order valence-corrected chi connectivity index (χ4v) is 6.21. The Kier molecular flexibility index (Phi) is 6.29. The number of fused-ring (bicyclic) bond motifs is 3. The van der Waals surface area contributed by atoms with E-state index in [-0.39, 0.29) is 33.9 Å². The van der Waals surface area contributed by atoms with E-state index in [9.17, 15) is 28.8 Å². The van der Waals surface area contributed by atoms with E-state index in [1.54, 1.807) is 53.4 Å². The van der Waals surface area contributed by atoms with Gasteiger partial charge in [-0.25, -0.2) is 4.79 Å². The summed E-state index contributed by atoms with van der Waals surface area (Å²) in [6, 6.07) is 17.7. The molecule has 0 aromatic heterocycles. The van der Waals surface area contributed by atoms with E-state index >= 15 is 0 Å². The van der Waals surface area contributed by atoms with Gasteiger partial charge in [-0.1, -0.05) is 31.2 Å². The van der Waals surface area contributed by atoms with Gasteiger partial charge < -0.3 is 9.64 Å². The Bertz CT molecular complexity index is 1660. The molecule has 3 aromatic carbocycles. The highest BCUT2D eigenvalue weighted by atomic mass is 16.5. The highest BCUT2D eigenvalue weighted by Gasteiger charge is 2.43. The molecule has 1 unspecified atom stereocenters. The Morgan fingerprint density at radius 1 is 0.762 bits per heavy atom. The van der Waals surface area contributed by atoms with E-state index in [0.717, 1.165) is 15.4 Å². The summed E-state index contributed by atoms with van der Waals surface area (Å²) < 4.78 is 5.52.